The van der Waals surface area contributed by atoms with Gasteiger partial charge in [0, 0.05) is 25.8 Å². The minimum atomic E-state index is -1.92. The Kier molecular flexibility index (Phi) is 10.7. The number of hydrogen-bond donors (Lipinski definition) is 0. The van der Waals surface area contributed by atoms with E-state index in [0.29, 0.717) is 11.5 Å². The SMILES string of the molecule is CC(C)Cc1cc(-c2[c-]cc(C#N)cc2)nc[c]1[Ge]([CH3])([CH3])[CH3].[Ir].[c-]1cc2c(cc1-c1nc3ccccc3n1-c1ccccc1)oc1ccccc12. The quantitative estimate of drug-likeness (QED) is 0.123. The van der Waals surface area contributed by atoms with Gasteiger partial charge in [-0.2, -0.15) is 0 Å². The van der Waals surface area contributed by atoms with Crippen molar-refractivity contribution in [2.45, 2.75) is 37.5 Å². The second kappa shape index (κ2) is 15.2. The van der Waals surface area contributed by atoms with Crippen LogP contribution in [0.15, 0.2) is 126 Å². The molecule has 255 valence electrons. The van der Waals surface area contributed by atoms with Crippen molar-refractivity contribution in [1.29, 1.82) is 5.26 Å². The molecule has 3 aromatic heterocycles. The van der Waals surface area contributed by atoms with Crippen molar-refractivity contribution in [3.05, 3.63) is 145 Å². The average Bonchev–Trinajstić information content (AvgIpc) is 3.70. The first kappa shape index (κ1) is 36.0. The Hall–Kier alpha value is -4.80. The molecule has 0 saturated carbocycles. The molecule has 0 amide bonds. The molecule has 0 fully saturated rings. The van der Waals surface area contributed by atoms with E-state index in [1.807, 2.05) is 78.9 Å². The van der Waals surface area contributed by atoms with E-state index in [0.717, 1.165) is 67.7 Å². The van der Waals surface area contributed by atoms with Crippen LogP contribution < -0.4 is 4.40 Å². The summed E-state index contributed by atoms with van der Waals surface area (Å²) in [7, 11) is 0. The van der Waals surface area contributed by atoms with Crippen molar-refractivity contribution in [2.75, 3.05) is 0 Å². The summed E-state index contributed by atoms with van der Waals surface area (Å²) in [6.07, 6.45) is 3.17. The van der Waals surface area contributed by atoms with Crippen LogP contribution in [0.1, 0.15) is 25.0 Å². The smallest absolute Gasteiger partial charge is 0.123 e. The Labute approximate surface area is 315 Å². The Morgan fingerprint density at radius 1 is 0.804 bits per heavy atom. The van der Waals surface area contributed by atoms with Crippen LogP contribution in [-0.4, -0.2) is 27.8 Å². The maximum absolute atomic E-state index is 8.89. The molecule has 8 rings (SSSR count). The molecule has 0 N–H and O–H groups in total. The molecule has 0 aliphatic rings. The van der Waals surface area contributed by atoms with E-state index in [1.54, 1.807) is 6.07 Å². The van der Waals surface area contributed by atoms with Gasteiger partial charge in [-0.3, -0.25) is 4.98 Å². The predicted octanol–water partition coefficient (Wildman–Crippen LogP) is 10.6. The molecule has 0 aliphatic carbocycles. The molecule has 5 nitrogen and oxygen atoms in total. The van der Waals surface area contributed by atoms with E-state index >= 15 is 0 Å². The van der Waals surface area contributed by atoms with E-state index in [2.05, 4.69) is 95.4 Å². The number of fused-ring (bicyclic) bond motifs is 4. The number of para-hydroxylation sites is 4. The van der Waals surface area contributed by atoms with Gasteiger partial charge >= 0.3 is 136 Å². The zero-order valence-electron chi connectivity index (χ0n) is 29.4. The van der Waals surface area contributed by atoms with Gasteiger partial charge in [0.25, 0.3) is 0 Å². The van der Waals surface area contributed by atoms with Gasteiger partial charge in [0.05, 0.1) is 22.4 Å². The summed E-state index contributed by atoms with van der Waals surface area (Å²) in [5.74, 6) is 8.72. The number of aromatic nitrogens is 3. The summed E-state index contributed by atoms with van der Waals surface area (Å²) in [6, 6.07) is 47.1. The molecule has 0 saturated heterocycles. The molecule has 0 aliphatic heterocycles. The van der Waals surface area contributed by atoms with E-state index in [4.69, 9.17) is 14.7 Å². The zero-order valence-corrected chi connectivity index (χ0v) is 33.9. The molecular formula is C44H38GeIrN4O-2. The molecule has 0 spiro atoms. The van der Waals surface area contributed by atoms with Gasteiger partial charge in [-0.25, -0.2) is 0 Å². The Morgan fingerprint density at radius 3 is 2.25 bits per heavy atom. The van der Waals surface area contributed by atoms with Gasteiger partial charge < -0.3 is 8.98 Å². The van der Waals surface area contributed by atoms with Crippen LogP contribution >= 0.6 is 0 Å². The second-order valence-corrected chi connectivity index (χ2v) is 24.6. The minimum absolute atomic E-state index is 0. The molecule has 3 heterocycles. The first-order valence-corrected chi connectivity index (χ1v) is 24.3. The summed E-state index contributed by atoms with van der Waals surface area (Å²) in [6.45, 7) is 4.51. The van der Waals surface area contributed by atoms with E-state index < -0.39 is 13.3 Å². The van der Waals surface area contributed by atoms with Gasteiger partial charge in [0.15, 0.2) is 0 Å². The molecule has 8 aromatic rings. The number of pyridine rings is 1. The van der Waals surface area contributed by atoms with Crippen LogP contribution in [0, 0.1) is 29.4 Å². The third-order valence-electron chi connectivity index (χ3n) is 8.77. The average molecular weight is 904 g/mol. The van der Waals surface area contributed by atoms with Crippen LogP contribution in [0.2, 0.25) is 17.3 Å². The van der Waals surface area contributed by atoms with Gasteiger partial charge in [0.1, 0.15) is 5.58 Å². The van der Waals surface area contributed by atoms with E-state index in [-0.39, 0.29) is 20.1 Å². The first-order chi connectivity index (χ1) is 24.2. The van der Waals surface area contributed by atoms with Crippen LogP contribution in [0.4, 0.5) is 0 Å². The topological polar surface area (TPSA) is 67.6 Å². The second-order valence-electron chi connectivity index (χ2n) is 14.0. The number of rotatable bonds is 6. The summed E-state index contributed by atoms with van der Waals surface area (Å²) in [4.78, 5) is 9.58. The van der Waals surface area contributed by atoms with Crippen LogP contribution in [0.5, 0.6) is 0 Å². The van der Waals surface area contributed by atoms with Crippen molar-refractivity contribution in [3.63, 3.8) is 0 Å². The Morgan fingerprint density at radius 2 is 1.53 bits per heavy atom. The number of benzene rings is 5. The van der Waals surface area contributed by atoms with Crippen LogP contribution in [0.3, 0.4) is 0 Å². The fourth-order valence-electron chi connectivity index (χ4n) is 6.42. The number of nitrogens with zero attached hydrogens (tertiary/aromatic N) is 4. The Balaban J connectivity index is 0.000000178. The number of imidazole rings is 1. The number of hydrogen-bond acceptors (Lipinski definition) is 4. The molecule has 0 unspecified atom stereocenters. The van der Waals surface area contributed by atoms with Crippen molar-refractivity contribution in [3.8, 4) is 34.4 Å². The molecule has 7 heteroatoms. The zero-order chi connectivity index (χ0) is 34.8. The minimum Gasteiger partial charge on any atom is -0.476 e. The largest absolute Gasteiger partial charge is 0.476 e. The summed E-state index contributed by atoms with van der Waals surface area (Å²) in [5.41, 5.74) is 9.73. The predicted molar refractivity (Wildman–Crippen MR) is 207 cm³/mol. The summed E-state index contributed by atoms with van der Waals surface area (Å²) < 4.78 is 9.75. The van der Waals surface area contributed by atoms with Gasteiger partial charge in [-0.05, 0) is 35.7 Å². The van der Waals surface area contributed by atoms with Crippen molar-refractivity contribution < 1.29 is 24.5 Å². The van der Waals surface area contributed by atoms with Crippen LogP contribution in [0.25, 0.3) is 61.3 Å². The van der Waals surface area contributed by atoms with Crippen molar-refractivity contribution in [2.24, 2.45) is 5.92 Å². The van der Waals surface area contributed by atoms with Gasteiger partial charge in [-0.15, -0.1) is 17.7 Å². The van der Waals surface area contributed by atoms with E-state index in [9.17, 15) is 0 Å². The first-order valence-electron chi connectivity index (χ1n) is 17.0. The summed E-state index contributed by atoms with van der Waals surface area (Å²) >= 11 is -1.92. The molecular weight excluding hydrogens is 865 g/mol. The number of furan rings is 1. The Bertz CT molecular complexity index is 2490. The van der Waals surface area contributed by atoms with Gasteiger partial charge in [0.2, 0.25) is 0 Å². The van der Waals surface area contributed by atoms with E-state index in [1.165, 1.54) is 9.96 Å². The van der Waals surface area contributed by atoms with Crippen molar-refractivity contribution in [1.82, 2.24) is 14.5 Å². The third-order valence-corrected chi connectivity index (χ3v) is 13.1. The van der Waals surface area contributed by atoms with Gasteiger partial charge in [-0.1, -0.05) is 60.0 Å². The van der Waals surface area contributed by atoms with Crippen molar-refractivity contribution >= 4 is 50.6 Å². The molecule has 1 radical (unpaired) electrons. The maximum atomic E-state index is 8.89. The third kappa shape index (κ3) is 7.62. The molecule has 0 atom stereocenters. The molecule has 0 bridgehead atoms. The fourth-order valence-corrected chi connectivity index (χ4v) is 9.75. The standard InChI is InChI=1S/C25H15N2O.C19H23GeN2.Ir/c1-2-8-18(9-3-1)27-22-12-6-5-11-21(22)26-25(27)17-14-15-20-19-10-4-7-13-23(19)28-24(20)16-17;1-14(2)10-17-11-19(22-13-18(17)20(3,4)5)16-8-6-15(12-21)7-9-16;/h1-13,15-16H;6-8,11,13-14H,10H2,1-5H3;/q2*-1;. The van der Waals surface area contributed by atoms with Crippen LogP contribution in [-0.2, 0) is 26.5 Å². The normalized spacial score (nSPS) is 11.3. The summed E-state index contributed by atoms with van der Waals surface area (Å²) in [5, 5.41) is 11.1. The maximum Gasteiger partial charge on any atom is 0.123 e. The molecule has 5 aromatic carbocycles. The fraction of sp³-hybridized carbons (Fsp3) is 0.159. The molecule has 51 heavy (non-hydrogen) atoms. The number of nitriles is 1. The monoisotopic (exact) mass is 905 g/mol.